The predicted octanol–water partition coefficient (Wildman–Crippen LogP) is 5.96. The Kier molecular flexibility index (Phi) is 8.28. The highest BCUT2D eigenvalue weighted by Crippen LogP contribution is 2.51. The second kappa shape index (κ2) is 11.4. The fourth-order valence-corrected chi connectivity index (χ4v) is 6.30. The fourth-order valence-electron chi connectivity index (χ4n) is 5.78. The van der Waals surface area contributed by atoms with Crippen molar-refractivity contribution in [3.05, 3.63) is 105 Å². The van der Waals surface area contributed by atoms with Gasteiger partial charge in [0, 0.05) is 27.5 Å². The van der Waals surface area contributed by atoms with Crippen molar-refractivity contribution < 1.29 is 14.3 Å². The van der Waals surface area contributed by atoms with Crippen LogP contribution in [0.2, 0.25) is 15.1 Å². The van der Waals surface area contributed by atoms with E-state index in [9.17, 15) is 4.79 Å². The molecule has 9 heteroatoms. The van der Waals surface area contributed by atoms with Gasteiger partial charge in [-0.25, -0.2) is 0 Å². The normalized spacial score (nSPS) is 27.9. The fraction of sp³-hybridized carbons (Fsp3) is 0.367. The second-order valence-electron chi connectivity index (χ2n) is 10.6. The van der Waals surface area contributed by atoms with E-state index in [1.807, 2.05) is 86.6 Å². The van der Waals surface area contributed by atoms with Crippen LogP contribution in [-0.2, 0) is 19.8 Å². The minimum Gasteiger partial charge on any atom is -0.355 e. The maximum absolute atomic E-state index is 13.9. The molecule has 206 valence electrons. The van der Waals surface area contributed by atoms with Crippen LogP contribution < -0.4 is 16.4 Å². The third-order valence-electron chi connectivity index (χ3n) is 7.52. The zero-order chi connectivity index (χ0) is 27.8. The molecule has 2 fully saturated rings. The highest BCUT2D eigenvalue weighted by molar-refractivity contribution is 6.31. The standard InChI is InChI=1S/C30H32Cl3N3O3/c1-29(2)38-17-24(39-29)13-14-35-28(37)26-25(18-5-3-7-22(32)15-18)30(34,20-9-11-21(31)12-10-20)27(36-26)19-6-4-8-23(33)16-19/h3-12,15-16,24-27,36H,13-14,17,34H2,1-2H3,(H,35,37). The van der Waals surface area contributed by atoms with Gasteiger partial charge in [-0.3, -0.25) is 10.1 Å². The highest BCUT2D eigenvalue weighted by atomic mass is 35.5. The first kappa shape index (κ1) is 28.4. The summed E-state index contributed by atoms with van der Waals surface area (Å²) in [5.41, 5.74) is 8.98. The van der Waals surface area contributed by atoms with Crippen molar-refractivity contribution >= 4 is 40.7 Å². The van der Waals surface area contributed by atoms with E-state index in [4.69, 9.17) is 50.0 Å². The number of halogens is 3. The van der Waals surface area contributed by atoms with Crippen LogP contribution in [0.5, 0.6) is 0 Å². The molecule has 3 aromatic carbocycles. The predicted molar refractivity (Wildman–Crippen MR) is 155 cm³/mol. The lowest BCUT2D eigenvalue weighted by Crippen LogP contribution is -2.48. The minimum atomic E-state index is -1.05. The van der Waals surface area contributed by atoms with E-state index in [1.165, 1.54) is 0 Å². The van der Waals surface area contributed by atoms with Crippen molar-refractivity contribution in [2.45, 2.75) is 55.7 Å². The van der Waals surface area contributed by atoms with Crippen LogP contribution in [0.1, 0.15) is 48.9 Å². The molecule has 6 nitrogen and oxygen atoms in total. The maximum Gasteiger partial charge on any atom is 0.237 e. The van der Waals surface area contributed by atoms with E-state index in [0.29, 0.717) is 34.6 Å². The average molecular weight is 589 g/mol. The van der Waals surface area contributed by atoms with E-state index in [2.05, 4.69) is 10.6 Å². The second-order valence-corrected chi connectivity index (χ2v) is 11.9. The largest absolute Gasteiger partial charge is 0.355 e. The summed E-state index contributed by atoms with van der Waals surface area (Å²) in [5.74, 6) is -1.24. The van der Waals surface area contributed by atoms with Crippen LogP contribution in [0.4, 0.5) is 0 Å². The van der Waals surface area contributed by atoms with Crippen molar-refractivity contribution in [1.82, 2.24) is 10.6 Å². The minimum absolute atomic E-state index is 0.0811. The van der Waals surface area contributed by atoms with Crippen molar-refractivity contribution in [1.29, 1.82) is 0 Å². The number of hydrogen-bond acceptors (Lipinski definition) is 5. The van der Waals surface area contributed by atoms with Crippen LogP contribution in [0, 0.1) is 0 Å². The molecular weight excluding hydrogens is 557 g/mol. The number of rotatable bonds is 7. The van der Waals surface area contributed by atoms with Gasteiger partial charge in [0.15, 0.2) is 5.79 Å². The summed E-state index contributed by atoms with van der Waals surface area (Å²) in [7, 11) is 0. The van der Waals surface area contributed by atoms with E-state index in [0.717, 1.165) is 16.7 Å². The van der Waals surface area contributed by atoms with E-state index in [-0.39, 0.29) is 12.0 Å². The smallest absolute Gasteiger partial charge is 0.237 e. The summed E-state index contributed by atoms with van der Waals surface area (Å²) < 4.78 is 11.6. The Hall–Kier alpha value is -2.16. The van der Waals surface area contributed by atoms with Gasteiger partial charge in [-0.2, -0.15) is 0 Å². The topological polar surface area (TPSA) is 85.6 Å². The number of nitrogens with one attached hydrogen (secondary N) is 2. The molecule has 0 aliphatic carbocycles. The molecule has 39 heavy (non-hydrogen) atoms. The number of carbonyl (C=O) groups is 1. The highest BCUT2D eigenvalue weighted by Gasteiger charge is 2.56. The molecule has 0 radical (unpaired) electrons. The lowest BCUT2D eigenvalue weighted by atomic mass is 9.70. The molecule has 2 saturated heterocycles. The quantitative estimate of drug-likeness (QED) is 0.317. The van der Waals surface area contributed by atoms with Crippen LogP contribution in [-0.4, -0.2) is 37.0 Å². The monoisotopic (exact) mass is 587 g/mol. The molecule has 0 saturated carbocycles. The van der Waals surface area contributed by atoms with Gasteiger partial charge >= 0.3 is 0 Å². The Morgan fingerprint density at radius 1 is 0.974 bits per heavy atom. The third kappa shape index (κ3) is 5.98. The van der Waals surface area contributed by atoms with Crippen LogP contribution in [0.15, 0.2) is 72.8 Å². The molecule has 5 atom stereocenters. The molecule has 0 bridgehead atoms. The Labute approximate surface area is 244 Å². The van der Waals surface area contributed by atoms with Gasteiger partial charge < -0.3 is 20.5 Å². The SMILES string of the molecule is CC1(C)OCC(CCNC(=O)C2NC(c3cccc(Cl)c3)C(N)(c3ccc(Cl)cc3)C2c2cccc(Cl)c2)O1. The molecule has 5 rings (SSSR count). The zero-order valence-corrected chi connectivity index (χ0v) is 24.1. The van der Waals surface area contributed by atoms with Crippen molar-refractivity contribution in [2.75, 3.05) is 13.2 Å². The van der Waals surface area contributed by atoms with Gasteiger partial charge in [-0.1, -0.05) is 71.2 Å². The Bertz CT molecular complexity index is 1340. The number of hydrogen-bond donors (Lipinski definition) is 3. The molecular formula is C30H32Cl3N3O3. The summed E-state index contributed by atoms with van der Waals surface area (Å²) >= 11 is 19.1. The van der Waals surface area contributed by atoms with E-state index in [1.54, 1.807) is 0 Å². The van der Waals surface area contributed by atoms with Crippen molar-refractivity contribution in [3.63, 3.8) is 0 Å². The summed E-state index contributed by atoms with van der Waals surface area (Å²) in [6.07, 6.45) is 0.550. The molecule has 2 aliphatic rings. The van der Waals surface area contributed by atoms with Gasteiger partial charge in [0.05, 0.1) is 30.3 Å². The zero-order valence-electron chi connectivity index (χ0n) is 21.8. The lowest BCUT2D eigenvalue weighted by molar-refractivity contribution is -0.138. The first-order valence-electron chi connectivity index (χ1n) is 13.0. The Balaban J connectivity index is 1.52. The molecule has 5 unspecified atom stereocenters. The van der Waals surface area contributed by atoms with Crippen LogP contribution in [0.25, 0.3) is 0 Å². The van der Waals surface area contributed by atoms with Crippen LogP contribution >= 0.6 is 34.8 Å². The number of carbonyl (C=O) groups excluding carboxylic acids is 1. The molecule has 4 N–H and O–H groups in total. The van der Waals surface area contributed by atoms with Crippen LogP contribution in [0.3, 0.4) is 0 Å². The molecule has 2 aliphatic heterocycles. The summed E-state index contributed by atoms with van der Waals surface area (Å²) in [5, 5.41) is 8.42. The van der Waals surface area contributed by atoms with E-state index < -0.39 is 29.3 Å². The number of nitrogens with two attached hydrogens (primary N) is 1. The van der Waals surface area contributed by atoms with Crippen molar-refractivity contribution in [2.24, 2.45) is 5.73 Å². The maximum atomic E-state index is 13.9. The van der Waals surface area contributed by atoms with Gasteiger partial charge in [0.1, 0.15) is 0 Å². The molecule has 2 heterocycles. The number of amides is 1. The number of ether oxygens (including phenoxy) is 2. The first-order valence-corrected chi connectivity index (χ1v) is 14.1. The summed E-state index contributed by atoms with van der Waals surface area (Å²) in [4.78, 5) is 13.9. The third-order valence-corrected chi connectivity index (χ3v) is 8.24. The summed E-state index contributed by atoms with van der Waals surface area (Å²) in [6.45, 7) is 4.70. The summed E-state index contributed by atoms with van der Waals surface area (Å²) in [6, 6.07) is 21.4. The van der Waals surface area contributed by atoms with Gasteiger partial charge in [-0.15, -0.1) is 0 Å². The van der Waals surface area contributed by atoms with Gasteiger partial charge in [0.2, 0.25) is 5.91 Å². The Morgan fingerprint density at radius 3 is 2.23 bits per heavy atom. The molecule has 1 amide bonds. The Morgan fingerprint density at radius 2 is 1.62 bits per heavy atom. The first-order chi connectivity index (χ1) is 18.6. The van der Waals surface area contributed by atoms with Gasteiger partial charge in [0.25, 0.3) is 0 Å². The number of benzene rings is 3. The molecule has 0 spiro atoms. The lowest BCUT2D eigenvalue weighted by Gasteiger charge is -2.38. The molecule has 3 aromatic rings. The van der Waals surface area contributed by atoms with E-state index >= 15 is 0 Å². The van der Waals surface area contributed by atoms with Gasteiger partial charge in [-0.05, 0) is 73.4 Å². The average Bonchev–Trinajstić information content (AvgIpc) is 3.41. The molecule has 0 aromatic heterocycles. The van der Waals surface area contributed by atoms with Crippen molar-refractivity contribution in [3.8, 4) is 0 Å².